The molecule has 5 heteroatoms. The Labute approximate surface area is 135 Å². The summed E-state index contributed by atoms with van der Waals surface area (Å²) in [7, 11) is 0. The number of allylic oxidation sites excluding steroid dienone is 2. The van der Waals surface area contributed by atoms with Crippen molar-refractivity contribution in [1.82, 2.24) is 0 Å². The van der Waals surface area contributed by atoms with Crippen molar-refractivity contribution >= 4 is 11.5 Å². The fraction of sp³-hybridized carbons (Fsp3) is 0.333. The highest BCUT2D eigenvalue weighted by Crippen LogP contribution is 2.37. The first-order valence-electron chi connectivity index (χ1n) is 7.49. The average Bonchev–Trinajstić information content (AvgIpc) is 2.92. The number of benzene rings is 1. The van der Waals surface area contributed by atoms with Gasteiger partial charge in [0.15, 0.2) is 0 Å². The van der Waals surface area contributed by atoms with Crippen LogP contribution in [-0.4, -0.2) is 17.8 Å². The Kier molecular flexibility index (Phi) is 3.72. The number of nitrogens with zero attached hydrogens (tertiary/aromatic N) is 4. The van der Waals surface area contributed by atoms with Crippen LogP contribution in [0.25, 0.3) is 0 Å². The molecular formula is C18H16N4O. The van der Waals surface area contributed by atoms with Gasteiger partial charge in [0.05, 0.1) is 17.2 Å². The quantitative estimate of drug-likeness (QED) is 0.839. The summed E-state index contributed by atoms with van der Waals surface area (Å²) >= 11 is 0. The number of fused-ring (bicyclic) bond motifs is 1. The number of rotatable bonds is 2. The van der Waals surface area contributed by atoms with Crippen molar-refractivity contribution in [1.29, 1.82) is 10.5 Å². The molecule has 1 aromatic carbocycles. The Balaban J connectivity index is 2.11. The molecule has 2 unspecified atom stereocenters. The maximum absolute atomic E-state index is 9.52. The third-order valence-electron chi connectivity index (χ3n) is 4.07. The first kappa shape index (κ1) is 15.0. The van der Waals surface area contributed by atoms with Gasteiger partial charge in [0.1, 0.15) is 18.0 Å². The van der Waals surface area contributed by atoms with Gasteiger partial charge in [0.25, 0.3) is 0 Å². The summed E-state index contributed by atoms with van der Waals surface area (Å²) in [6.45, 7) is 6.05. The van der Waals surface area contributed by atoms with Crippen LogP contribution in [0.1, 0.15) is 43.7 Å². The van der Waals surface area contributed by atoms with Gasteiger partial charge < -0.3 is 4.74 Å². The topological polar surface area (TPSA) is 81.5 Å². The smallest absolute Gasteiger partial charge is 0.232 e. The molecule has 2 heterocycles. The van der Waals surface area contributed by atoms with Gasteiger partial charge in [-0.25, -0.2) is 9.98 Å². The van der Waals surface area contributed by atoms with Gasteiger partial charge in [-0.15, -0.1) is 0 Å². The van der Waals surface area contributed by atoms with Gasteiger partial charge in [-0.1, -0.05) is 38.1 Å². The zero-order valence-electron chi connectivity index (χ0n) is 13.2. The zero-order valence-corrected chi connectivity index (χ0v) is 13.2. The Bertz CT molecular complexity index is 816. The number of ether oxygens (including phenoxy) is 1. The summed E-state index contributed by atoms with van der Waals surface area (Å²) in [4.78, 5) is 8.73. The van der Waals surface area contributed by atoms with E-state index in [2.05, 4.69) is 42.0 Å². The Hall–Kier alpha value is -2.92. The minimum Gasteiger partial charge on any atom is -0.452 e. The second-order valence-electron chi connectivity index (χ2n) is 5.90. The van der Waals surface area contributed by atoms with E-state index < -0.39 is 6.23 Å². The fourth-order valence-corrected chi connectivity index (χ4v) is 2.87. The highest BCUT2D eigenvalue weighted by atomic mass is 16.5. The lowest BCUT2D eigenvalue weighted by Gasteiger charge is -2.27. The summed E-state index contributed by atoms with van der Waals surface area (Å²) in [5.41, 5.74) is 3.12. The molecule has 0 bridgehead atoms. The maximum atomic E-state index is 9.52. The molecule has 23 heavy (non-hydrogen) atoms. The summed E-state index contributed by atoms with van der Waals surface area (Å²) in [5, 5.41) is 18.8. The molecule has 2 aliphatic heterocycles. The molecule has 1 aromatic rings. The van der Waals surface area contributed by atoms with Crippen LogP contribution in [0.4, 0.5) is 0 Å². The van der Waals surface area contributed by atoms with Crippen LogP contribution in [0.15, 0.2) is 45.6 Å². The number of aliphatic imine (C=N–C) groups is 2. The van der Waals surface area contributed by atoms with E-state index in [4.69, 9.17) is 4.74 Å². The number of hydrogen-bond donors (Lipinski definition) is 0. The van der Waals surface area contributed by atoms with E-state index >= 15 is 0 Å². The molecule has 114 valence electrons. The third-order valence-corrected chi connectivity index (χ3v) is 4.07. The van der Waals surface area contributed by atoms with E-state index in [1.165, 1.54) is 5.56 Å². The standard InChI is InChI=1S/C18H16N4O/c1-10(2)12-4-6-13(7-5-12)16-14(8-19)15(9-20)23-18-17(16)21-11(3)22-18/h4-7,10,16,18H,1-3H3. The molecule has 0 fully saturated rings. The maximum Gasteiger partial charge on any atom is 0.232 e. The zero-order chi connectivity index (χ0) is 16.6. The molecule has 3 rings (SSSR count). The Morgan fingerprint density at radius 2 is 1.83 bits per heavy atom. The van der Waals surface area contributed by atoms with E-state index in [-0.39, 0.29) is 11.7 Å². The van der Waals surface area contributed by atoms with Crippen LogP contribution in [0.2, 0.25) is 0 Å². The number of nitriles is 2. The van der Waals surface area contributed by atoms with Crippen molar-refractivity contribution in [3.63, 3.8) is 0 Å². The molecule has 0 N–H and O–H groups in total. The van der Waals surface area contributed by atoms with Crippen LogP contribution < -0.4 is 0 Å². The minimum atomic E-state index is -0.600. The normalized spacial score (nSPS) is 22.7. The van der Waals surface area contributed by atoms with Crippen molar-refractivity contribution in [2.24, 2.45) is 9.98 Å². The largest absolute Gasteiger partial charge is 0.452 e. The average molecular weight is 304 g/mol. The van der Waals surface area contributed by atoms with Crippen molar-refractivity contribution in [2.75, 3.05) is 0 Å². The molecule has 0 aromatic heterocycles. The van der Waals surface area contributed by atoms with Crippen LogP contribution in [-0.2, 0) is 4.74 Å². The van der Waals surface area contributed by atoms with Crippen molar-refractivity contribution in [3.8, 4) is 12.1 Å². The predicted octanol–water partition coefficient (Wildman–Crippen LogP) is 3.42. The summed E-state index contributed by atoms with van der Waals surface area (Å²) in [5.74, 6) is 0.690. The van der Waals surface area contributed by atoms with E-state index in [0.717, 1.165) is 5.56 Å². The van der Waals surface area contributed by atoms with Gasteiger partial charge in [0.2, 0.25) is 12.0 Å². The summed E-state index contributed by atoms with van der Waals surface area (Å²) in [6, 6.07) is 12.2. The van der Waals surface area contributed by atoms with E-state index in [1.807, 2.05) is 18.2 Å². The van der Waals surface area contributed by atoms with Gasteiger partial charge in [-0.2, -0.15) is 10.5 Å². The summed E-state index contributed by atoms with van der Waals surface area (Å²) < 4.78 is 5.52. The highest BCUT2D eigenvalue weighted by Gasteiger charge is 2.40. The second-order valence-corrected chi connectivity index (χ2v) is 5.90. The van der Waals surface area contributed by atoms with Crippen LogP contribution in [0.3, 0.4) is 0 Å². The van der Waals surface area contributed by atoms with Crippen molar-refractivity contribution in [3.05, 3.63) is 46.7 Å². The van der Waals surface area contributed by atoms with Crippen molar-refractivity contribution in [2.45, 2.75) is 38.8 Å². The fourth-order valence-electron chi connectivity index (χ4n) is 2.87. The van der Waals surface area contributed by atoms with Crippen LogP contribution in [0.5, 0.6) is 0 Å². The Morgan fingerprint density at radius 1 is 1.13 bits per heavy atom. The van der Waals surface area contributed by atoms with Crippen LogP contribution in [0, 0.1) is 22.7 Å². The lowest BCUT2D eigenvalue weighted by molar-refractivity contribution is 0.180. The highest BCUT2D eigenvalue weighted by molar-refractivity contribution is 6.10. The van der Waals surface area contributed by atoms with E-state index in [9.17, 15) is 10.5 Å². The molecule has 0 amide bonds. The van der Waals surface area contributed by atoms with Gasteiger partial charge in [-0.3, -0.25) is 0 Å². The number of hydrogen-bond acceptors (Lipinski definition) is 5. The monoisotopic (exact) mass is 304 g/mol. The molecule has 2 atom stereocenters. The lowest BCUT2D eigenvalue weighted by Crippen LogP contribution is -2.32. The molecule has 2 aliphatic rings. The van der Waals surface area contributed by atoms with E-state index in [1.54, 1.807) is 6.92 Å². The van der Waals surface area contributed by atoms with Gasteiger partial charge in [0, 0.05) is 0 Å². The van der Waals surface area contributed by atoms with Gasteiger partial charge in [-0.05, 0) is 24.0 Å². The van der Waals surface area contributed by atoms with Gasteiger partial charge >= 0.3 is 0 Å². The molecule has 0 saturated heterocycles. The van der Waals surface area contributed by atoms with Crippen LogP contribution >= 0.6 is 0 Å². The third kappa shape index (κ3) is 2.51. The predicted molar refractivity (Wildman–Crippen MR) is 86.9 cm³/mol. The second kappa shape index (κ2) is 5.70. The molecular weight excluding hydrogens is 288 g/mol. The molecule has 0 saturated carbocycles. The first-order chi connectivity index (χ1) is 11.0. The lowest BCUT2D eigenvalue weighted by atomic mass is 9.83. The molecule has 0 radical (unpaired) electrons. The molecule has 0 aliphatic carbocycles. The minimum absolute atomic E-state index is 0.0350. The SMILES string of the molecule is CC1=NC2OC(C#N)=C(C#N)C(c3ccc(C(C)C)cc3)C2=N1. The Morgan fingerprint density at radius 3 is 2.39 bits per heavy atom. The molecule has 5 nitrogen and oxygen atoms in total. The number of amidine groups is 1. The summed E-state index contributed by atoms with van der Waals surface area (Å²) in [6.07, 6.45) is -0.600. The van der Waals surface area contributed by atoms with E-state index in [0.29, 0.717) is 23.0 Å². The molecule has 0 spiro atoms. The van der Waals surface area contributed by atoms with Crippen molar-refractivity contribution < 1.29 is 4.74 Å². The first-order valence-corrected chi connectivity index (χ1v) is 7.49.